The molecule has 0 aliphatic heterocycles. The Bertz CT molecular complexity index is 649. The van der Waals surface area contributed by atoms with Gasteiger partial charge in [0.05, 0.1) is 16.2 Å². The van der Waals surface area contributed by atoms with Crippen LogP contribution in [-0.4, -0.2) is 11.5 Å². The van der Waals surface area contributed by atoms with Crippen LogP contribution in [0.1, 0.15) is 43.0 Å². The molecule has 0 saturated heterocycles. The maximum absolute atomic E-state index is 6.47. The summed E-state index contributed by atoms with van der Waals surface area (Å²) in [6.45, 7) is 5.17. The Labute approximate surface area is 125 Å². The smallest absolute Gasteiger partial charge is 0.0770 e. The first kappa shape index (κ1) is 13.7. The highest BCUT2D eigenvalue weighted by atomic mass is 35.5. The highest BCUT2D eigenvalue weighted by molar-refractivity contribution is 6.36. The van der Waals surface area contributed by atoms with Crippen molar-refractivity contribution in [2.24, 2.45) is 0 Å². The Morgan fingerprint density at radius 2 is 2.00 bits per heavy atom. The Hall–Kier alpha value is -1.28. The molecule has 0 atom stereocenters. The molecule has 1 N–H and O–H groups in total. The van der Waals surface area contributed by atoms with Gasteiger partial charge in [-0.05, 0) is 56.7 Å². The van der Waals surface area contributed by atoms with Gasteiger partial charge in [-0.1, -0.05) is 24.1 Å². The first-order chi connectivity index (χ1) is 9.72. The topological polar surface area (TPSA) is 24.9 Å². The molecule has 20 heavy (non-hydrogen) atoms. The van der Waals surface area contributed by atoms with Gasteiger partial charge in [0.1, 0.15) is 0 Å². The molecule has 0 unspecified atom stereocenters. The van der Waals surface area contributed by atoms with Gasteiger partial charge in [-0.25, -0.2) is 0 Å². The number of benzene rings is 1. The number of hydrogen-bond donors (Lipinski definition) is 1. The third-order valence-corrected chi connectivity index (χ3v) is 4.48. The van der Waals surface area contributed by atoms with Gasteiger partial charge in [0, 0.05) is 17.6 Å². The largest absolute Gasteiger partial charge is 0.384 e. The van der Waals surface area contributed by atoms with Crippen molar-refractivity contribution in [3.05, 3.63) is 34.0 Å². The van der Waals surface area contributed by atoms with Crippen molar-refractivity contribution in [3.63, 3.8) is 0 Å². The van der Waals surface area contributed by atoms with E-state index < -0.39 is 0 Å². The lowest BCUT2D eigenvalue weighted by atomic mass is 10.00. The lowest BCUT2D eigenvalue weighted by Gasteiger charge is -2.18. The van der Waals surface area contributed by atoms with Crippen molar-refractivity contribution in [3.8, 4) is 0 Å². The molecule has 3 heteroatoms. The molecule has 0 amide bonds. The number of aryl methyl sites for hydroxylation is 2. The summed E-state index contributed by atoms with van der Waals surface area (Å²) in [5.41, 5.74) is 6.16. The van der Waals surface area contributed by atoms with E-state index in [4.69, 9.17) is 16.6 Å². The average molecular weight is 289 g/mol. The number of rotatable bonds is 2. The third kappa shape index (κ3) is 2.26. The third-order valence-electron chi connectivity index (χ3n) is 4.17. The normalized spacial score (nSPS) is 14.9. The van der Waals surface area contributed by atoms with Crippen molar-refractivity contribution in [1.82, 2.24) is 4.98 Å². The molecule has 0 bridgehead atoms. The number of hydrogen-bond acceptors (Lipinski definition) is 2. The van der Waals surface area contributed by atoms with Gasteiger partial charge < -0.3 is 5.32 Å². The number of pyridine rings is 1. The molecule has 3 rings (SSSR count). The Balaban J connectivity index is 2.36. The molecule has 1 aliphatic carbocycles. The maximum Gasteiger partial charge on any atom is 0.0770 e. The van der Waals surface area contributed by atoms with Crippen LogP contribution in [0.3, 0.4) is 0 Å². The zero-order valence-electron chi connectivity index (χ0n) is 12.2. The van der Waals surface area contributed by atoms with Crippen LogP contribution in [0.25, 0.3) is 10.9 Å². The maximum atomic E-state index is 6.47. The summed E-state index contributed by atoms with van der Waals surface area (Å²) in [6.07, 6.45) is 6.00. The highest BCUT2D eigenvalue weighted by Gasteiger charge is 2.19. The lowest BCUT2D eigenvalue weighted by molar-refractivity contribution is 0.709. The van der Waals surface area contributed by atoms with Gasteiger partial charge in [-0.2, -0.15) is 0 Å². The number of nitrogens with one attached hydrogen (secondary N) is 1. The summed E-state index contributed by atoms with van der Waals surface area (Å²) >= 11 is 6.47. The van der Waals surface area contributed by atoms with Crippen molar-refractivity contribution in [2.75, 3.05) is 11.9 Å². The molecule has 2 nitrogen and oxygen atoms in total. The molecule has 1 heterocycles. The monoisotopic (exact) mass is 288 g/mol. The van der Waals surface area contributed by atoms with Crippen LogP contribution in [0.2, 0.25) is 5.02 Å². The zero-order valence-corrected chi connectivity index (χ0v) is 13.0. The standard InChI is InChI=1S/C17H21ClN2/c1-3-19-17-12-7-5-4-6-8-14(12)20-16-11(2)9-10-13(18)15(16)17/h9-10H,3-8H2,1-2H3,(H,19,20). The van der Waals surface area contributed by atoms with Gasteiger partial charge in [0.25, 0.3) is 0 Å². The van der Waals surface area contributed by atoms with Crippen LogP contribution in [0, 0.1) is 6.92 Å². The van der Waals surface area contributed by atoms with Crippen molar-refractivity contribution in [2.45, 2.75) is 46.0 Å². The second-order valence-electron chi connectivity index (χ2n) is 5.59. The van der Waals surface area contributed by atoms with E-state index in [-0.39, 0.29) is 0 Å². The second kappa shape index (κ2) is 5.61. The van der Waals surface area contributed by atoms with E-state index in [9.17, 15) is 0 Å². The van der Waals surface area contributed by atoms with E-state index >= 15 is 0 Å². The van der Waals surface area contributed by atoms with E-state index in [0.29, 0.717) is 0 Å². The molecule has 0 radical (unpaired) electrons. The lowest BCUT2D eigenvalue weighted by Crippen LogP contribution is -2.07. The van der Waals surface area contributed by atoms with Gasteiger partial charge >= 0.3 is 0 Å². The molecule has 0 fully saturated rings. The van der Waals surface area contributed by atoms with Crippen LogP contribution >= 0.6 is 11.6 Å². The first-order valence-corrected chi connectivity index (χ1v) is 7.94. The Morgan fingerprint density at radius 1 is 1.20 bits per heavy atom. The molecule has 2 aromatic rings. The number of halogens is 1. The number of nitrogens with zero attached hydrogens (tertiary/aromatic N) is 1. The highest BCUT2D eigenvalue weighted by Crippen LogP contribution is 2.37. The molecular weight excluding hydrogens is 268 g/mol. The van der Waals surface area contributed by atoms with Crippen LogP contribution in [0.4, 0.5) is 5.69 Å². The predicted molar refractivity (Wildman–Crippen MR) is 86.9 cm³/mol. The van der Waals surface area contributed by atoms with Crippen LogP contribution < -0.4 is 5.32 Å². The van der Waals surface area contributed by atoms with Gasteiger partial charge in [0.15, 0.2) is 0 Å². The number of anilines is 1. The van der Waals surface area contributed by atoms with E-state index in [0.717, 1.165) is 35.3 Å². The molecule has 0 saturated carbocycles. The summed E-state index contributed by atoms with van der Waals surface area (Å²) < 4.78 is 0. The molecule has 1 aromatic heterocycles. The SMILES string of the molecule is CCNc1c2c(nc3c(C)ccc(Cl)c13)CCCCC2. The molecule has 0 spiro atoms. The summed E-state index contributed by atoms with van der Waals surface area (Å²) in [6, 6.07) is 4.06. The Morgan fingerprint density at radius 3 is 2.80 bits per heavy atom. The minimum absolute atomic E-state index is 0.807. The van der Waals surface area contributed by atoms with E-state index in [2.05, 4.69) is 25.2 Å². The molecule has 1 aliphatic rings. The molecule has 106 valence electrons. The fraction of sp³-hybridized carbons (Fsp3) is 0.471. The fourth-order valence-corrected chi connectivity index (χ4v) is 3.42. The minimum atomic E-state index is 0.807. The van der Waals surface area contributed by atoms with Crippen LogP contribution in [0.15, 0.2) is 12.1 Å². The van der Waals surface area contributed by atoms with E-state index in [1.54, 1.807) is 0 Å². The number of fused-ring (bicyclic) bond motifs is 2. The van der Waals surface area contributed by atoms with Crippen molar-refractivity contribution in [1.29, 1.82) is 0 Å². The van der Waals surface area contributed by atoms with E-state index in [1.807, 2.05) is 6.07 Å². The molecule has 1 aromatic carbocycles. The van der Waals surface area contributed by atoms with Gasteiger partial charge in [-0.3, -0.25) is 4.98 Å². The van der Waals surface area contributed by atoms with Crippen LogP contribution in [0.5, 0.6) is 0 Å². The van der Waals surface area contributed by atoms with Gasteiger partial charge in [-0.15, -0.1) is 0 Å². The number of aromatic nitrogens is 1. The van der Waals surface area contributed by atoms with Crippen LogP contribution in [-0.2, 0) is 12.8 Å². The predicted octanol–water partition coefficient (Wildman–Crippen LogP) is 4.90. The second-order valence-corrected chi connectivity index (χ2v) is 6.00. The first-order valence-electron chi connectivity index (χ1n) is 7.56. The van der Waals surface area contributed by atoms with E-state index in [1.165, 1.54) is 41.8 Å². The Kier molecular flexibility index (Phi) is 3.84. The minimum Gasteiger partial charge on any atom is -0.384 e. The quantitative estimate of drug-likeness (QED) is 0.795. The fourth-order valence-electron chi connectivity index (χ4n) is 3.17. The van der Waals surface area contributed by atoms with Gasteiger partial charge in [0.2, 0.25) is 0 Å². The average Bonchev–Trinajstić information content (AvgIpc) is 2.68. The zero-order chi connectivity index (χ0) is 14.1. The van der Waals surface area contributed by atoms with Crippen molar-refractivity contribution >= 4 is 28.2 Å². The molecular formula is C17H21ClN2. The summed E-state index contributed by atoms with van der Waals surface area (Å²) in [7, 11) is 0. The van der Waals surface area contributed by atoms with Crippen molar-refractivity contribution < 1.29 is 0 Å². The summed E-state index contributed by atoms with van der Waals surface area (Å²) in [5, 5.41) is 5.46. The summed E-state index contributed by atoms with van der Waals surface area (Å²) in [4.78, 5) is 4.95. The summed E-state index contributed by atoms with van der Waals surface area (Å²) in [5.74, 6) is 0.